The van der Waals surface area contributed by atoms with Crippen molar-refractivity contribution in [1.82, 2.24) is 0 Å². The molecule has 2 rings (SSSR count). The predicted molar refractivity (Wildman–Crippen MR) is 103 cm³/mol. The van der Waals surface area contributed by atoms with E-state index in [0.717, 1.165) is 12.8 Å². The first-order valence-corrected chi connectivity index (χ1v) is 9.05. The monoisotopic (exact) mass is 393 g/mol. The van der Waals surface area contributed by atoms with Crippen LogP contribution < -0.4 is 4.90 Å². The van der Waals surface area contributed by atoms with Crippen LogP contribution in [-0.2, 0) is 10.3 Å². The van der Waals surface area contributed by atoms with Crippen LogP contribution in [0.3, 0.4) is 0 Å². The molecule has 28 heavy (non-hydrogen) atoms. The number of halogens is 3. The Morgan fingerprint density at radius 2 is 1.64 bits per heavy atom. The van der Waals surface area contributed by atoms with Crippen LogP contribution in [0.1, 0.15) is 46.1 Å². The van der Waals surface area contributed by atoms with E-state index in [1.807, 2.05) is 12.8 Å². The molecule has 6 heteroatoms. The first kappa shape index (κ1) is 22.1. The molecule has 0 aliphatic heterocycles. The van der Waals surface area contributed by atoms with Crippen molar-refractivity contribution < 1.29 is 23.0 Å². The van der Waals surface area contributed by atoms with Crippen molar-refractivity contribution in [2.24, 2.45) is 5.41 Å². The molecule has 2 unspecified atom stereocenters. The summed E-state index contributed by atoms with van der Waals surface area (Å²) in [4.78, 5) is 1.78. The molecule has 1 aromatic rings. The number of aliphatic hydroxyl groups is 1. The Balaban J connectivity index is 2.16. The molecule has 2 atom stereocenters. The largest absolute Gasteiger partial charge is 0.433 e. The Bertz CT molecular complexity index is 822. The topological polar surface area (TPSA) is 32.7 Å². The zero-order valence-electron chi connectivity index (χ0n) is 16.9. The standard InChI is InChI=1S/C22H26F3NO2/c1-6-12-20(4,19(3)14-15-19)28-16-26(5)18-10-8-17(9-11-18)21(27,13-7-2)22(23,24)25/h8-11,27H,14-16H2,1-5H3. The Kier molecular flexibility index (Phi) is 6.09. The predicted octanol–water partition coefficient (Wildman–Crippen LogP) is 4.45. The molecule has 0 aromatic heterocycles. The number of alkyl halides is 3. The number of anilines is 1. The summed E-state index contributed by atoms with van der Waals surface area (Å²) < 4.78 is 46.0. The SMILES string of the molecule is CC#CC(C)(OCN(C)c1ccc(C(O)(C#CC)C(F)(F)F)cc1)C1(C)CC1. The van der Waals surface area contributed by atoms with Gasteiger partial charge in [0.25, 0.3) is 0 Å². The first-order chi connectivity index (χ1) is 12.9. The fraction of sp³-hybridized carbons (Fsp3) is 0.545. The van der Waals surface area contributed by atoms with Crippen molar-refractivity contribution in [3.05, 3.63) is 29.8 Å². The molecular formula is C22H26F3NO2. The lowest BCUT2D eigenvalue weighted by Gasteiger charge is -2.33. The van der Waals surface area contributed by atoms with E-state index in [9.17, 15) is 18.3 Å². The van der Waals surface area contributed by atoms with E-state index >= 15 is 0 Å². The van der Waals surface area contributed by atoms with E-state index in [-0.39, 0.29) is 17.7 Å². The van der Waals surface area contributed by atoms with Crippen LogP contribution in [0.25, 0.3) is 0 Å². The highest BCUT2D eigenvalue weighted by molar-refractivity contribution is 5.49. The fourth-order valence-electron chi connectivity index (χ4n) is 3.01. The van der Waals surface area contributed by atoms with Crippen LogP contribution in [0, 0.1) is 29.1 Å². The van der Waals surface area contributed by atoms with Gasteiger partial charge in [0.2, 0.25) is 5.60 Å². The minimum atomic E-state index is -4.90. The van der Waals surface area contributed by atoms with Crippen molar-refractivity contribution in [2.45, 2.75) is 57.9 Å². The summed E-state index contributed by atoms with van der Waals surface area (Å²) in [5.74, 6) is 10.1. The van der Waals surface area contributed by atoms with Gasteiger partial charge < -0.3 is 14.7 Å². The normalized spacial score (nSPS) is 19.2. The smallest absolute Gasteiger partial charge is 0.366 e. The molecule has 1 saturated carbocycles. The van der Waals surface area contributed by atoms with Gasteiger partial charge in [-0.3, -0.25) is 0 Å². The second kappa shape index (κ2) is 7.70. The van der Waals surface area contributed by atoms with Gasteiger partial charge in [0.05, 0.1) is 0 Å². The third-order valence-corrected chi connectivity index (χ3v) is 5.50. The molecule has 0 bridgehead atoms. The molecule has 0 amide bonds. The van der Waals surface area contributed by atoms with E-state index in [1.54, 1.807) is 18.9 Å². The summed E-state index contributed by atoms with van der Waals surface area (Å²) in [6.07, 6.45) is -2.80. The van der Waals surface area contributed by atoms with Crippen molar-refractivity contribution in [2.75, 3.05) is 18.7 Å². The Labute approximate surface area is 164 Å². The van der Waals surface area contributed by atoms with Gasteiger partial charge in [0.15, 0.2) is 0 Å². The van der Waals surface area contributed by atoms with Crippen LogP contribution in [0.2, 0.25) is 0 Å². The molecule has 0 saturated heterocycles. The molecule has 1 N–H and O–H groups in total. The molecule has 1 aromatic carbocycles. The molecule has 1 fully saturated rings. The van der Waals surface area contributed by atoms with Crippen LogP contribution in [-0.4, -0.2) is 30.7 Å². The average molecular weight is 393 g/mol. The molecule has 3 nitrogen and oxygen atoms in total. The maximum atomic E-state index is 13.3. The molecule has 1 aliphatic carbocycles. The van der Waals surface area contributed by atoms with Gasteiger partial charge in [-0.1, -0.05) is 30.9 Å². The Morgan fingerprint density at radius 3 is 2.07 bits per heavy atom. The lowest BCUT2D eigenvalue weighted by atomic mass is 9.88. The number of hydrogen-bond acceptors (Lipinski definition) is 3. The molecule has 1 aliphatic rings. The van der Waals surface area contributed by atoms with E-state index in [1.165, 1.54) is 31.2 Å². The minimum absolute atomic E-state index is 0.0166. The summed E-state index contributed by atoms with van der Waals surface area (Å²) >= 11 is 0. The van der Waals surface area contributed by atoms with E-state index < -0.39 is 17.4 Å². The fourth-order valence-corrected chi connectivity index (χ4v) is 3.01. The maximum Gasteiger partial charge on any atom is 0.433 e. The van der Waals surface area contributed by atoms with E-state index in [0.29, 0.717) is 5.69 Å². The number of rotatable bonds is 6. The summed E-state index contributed by atoms with van der Waals surface area (Å²) in [7, 11) is 1.78. The number of nitrogens with zero attached hydrogens (tertiary/aromatic N) is 1. The zero-order chi connectivity index (χ0) is 21.2. The molecule has 0 heterocycles. The van der Waals surface area contributed by atoms with Crippen molar-refractivity contribution in [3.8, 4) is 23.7 Å². The molecule has 0 spiro atoms. The highest BCUT2D eigenvalue weighted by atomic mass is 19.4. The highest BCUT2D eigenvalue weighted by Crippen LogP contribution is 2.55. The van der Waals surface area contributed by atoms with Gasteiger partial charge in [-0.05, 0) is 45.7 Å². The average Bonchev–Trinajstić information content (AvgIpc) is 3.38. The quantitative estimate of drug-likeness (QED) is 0.573. The molecule has 0 radical (unpaired) electrons. The minimum Gasteiger partial charge on any atom is -0.366 e. The van der Waals surface area contributed by atoms with Crippen LogP contribution in [0.15, 0.2) is 24.3 Å². The zero-order valence-corrected chi connectivity index (χ0v) is 16.9. The summed E-state index contributed by atoms with van der Waals surface area (Å²) in [6.45, 7) is 7.38. The van der Waals surface area contributed by atoms with Crippen LogP contribution in [0.4, 0.5) is 18.9 Å². The maximum absolute atomic E-state index is 13.3. The first-order valence-electron chi connectivity index (χ1n) is 9.05. The molecular weight excluding hydrogens is 367 g/mol. The highest BCUT2D eigenvalue weighted by Gasteiger charge is 2.55. The van der Waals surface area contributed by atoms with Crippen LogP contribution in [0.5, 0.6) is 0 Å². The summed E-state index contributed by atoms with van der Waals surface area (Å²) in [6, 6.07) is 5.48. The lowest BCUT2D eigenvalue weighted by molar-refractivity contribution is -0.240. The molecule has 152 valence electrons. The van der Waals surface area contributed by atoms with Crippen molar-refractivity contribution >= 4 is 5.69 Å². The number of ether oxygens (including phenoxy) is 1. The van der Waals surface area contributed by atoms with Gasteiger partial charge in [-0.25, -0.2) is 0 Å². The van der Waals surface area contributed by atoms with Gasteiger partial charge in [0, 0.05) is 23.7 Å². The van der Waals surface area contributed by atoms with Gasteiger partial charge >= 0.3 is 6.18 Å². The summed E-state index contributed by atoms with van der Waals surface area (Å²) in [5, 5.41) is 10.1. The van der Waals surface area contributed by atoms with Gasteiger partial charge in [-0.15, -0.1) is 11.8 Å². The van der Waals surface area contributed by atoms with Crippen molar-refractivity contribution in [3.63, 3.8) is 0 Å². The third-order valence-electron chi connectivity index (χ3n) is 5.50. The van der Waals surface area contributed by atoms with E-state index in [2.05, 4.69) is 24.7 Å². The Hall–Kier alpha value is -2.15. The van der Waals surface area contributed by atoms with Crippen LogP contribution >= 0.6 is 0 Å². The number of benzene rings is 1. The van der Waals surface area contributed by atoms with E-state index in [4.69, 9.17) is 4.74 Å². The second-order valence-corrected chi connectivity index (χ2v) is 7.57. The number of hydrogen-bond donors (Lipinski definition) is 1. The lowest BCUT2D eigenvalue weighted by Crippen LogP contribution is -2.41. The third kappa shape index (κ3) is 4.14. The van der Waals surface area contributed by atoms with Crippen molar-refractivity contribution in [1.29, 1.82) is 0 Å². The van der Waals surface area contributed by atoms with Gasteiger partial charge in [0.1, 0.15) is 12.3 Å². The second-order valence-electron chi connectivity index (χ2n) is 7.57. The summed E-state index contributed by atoms with van der Waals surface area (Å²) in [5.41, 5.74) is -3.41. The Morgan fingerprint density at radius 1 is 1.11 bits per heavy atom. The van der Waals surface area contributed by atoms with Gasteiger partial charge in [-0.2, -0.15) is 13.2 Å².